The molecule has 0 amide bonds. The third-order valence-electron chi connectivity index (χ3n) is 1.73. The average molecular weight is 364 g/mol. The van der Waals surface area contributed by atoms with Crippen LogP contribution in [0.15, 0.2) is 34.8 Å². The van der Waals surface area contributed by atoms with Gasteiger partial charge in [-0.3, -0.25) is 0 Å². The van der Waals surface area contributed by atoms with E-state index in [4.69, 9.17) is 0 Å². The van der Waals surface area contributed by atoms with Gasteiger partial charge in [-0.1, -0.05) is 34.1 Å². The standard InChI is InChI=1S/C6H5Br.C3H7.3CH3.Sn/c7-6-4-2-1-3-5-6;1-3-2;;;;/h1-5H;1,3H2,2H3;3*1H3;. The quantitative estimate of drug-likeness (QED) is 0.635. The van der Waals surface area contributed by atoms with Crippen molar-refractivity contribution in [2.75, 3.05) is 0 Å². The van der Waals surface area contributed by atoms with Crippen molar-refractivity contribution in [3.63, 3.8) is 0 Å². The van der Waals surface area contributed by atoms with Crippen LogP contribution in [0.1, 0.15) is 13.3 Å². The van der Waals surface area contributed by atoms with E-state index < -0.39 is 18.4 Å². The normalized spacial score (nSPS) is 10.4. The number of halogens is 1. The van der Waals surface area contributed by atoms with Gasteiger partial charge in [-0.25, -0.2) is 0 Å². The third-order valence-corrected chi connectivity index (χ3v) is 7.97. The molecule has 1 aromatic rings. The van der Waals surface area contributed by atoms with Crippen LogP contribution < -0.4 is 0 Å². The van der Waals surface area contributed by atoms with E-state index in [0.717, 1.165) is 4.47 Å². The number of rotatable bonds is 2. The Kier molecular flexibility index (Phi) is 8.02. The van der Waals surface area contributed by atoms with Crippen LogP contribution in [0.2, 0.25) is 19.3 Å². The van der Waals surface area contributed by atoms with Crippen molar-refractivity contribution in [3.05, 3.63) is 34.8 Å². The van der Waals surface area contributed by atoms with Crippen LogP contribution in [0.5, 0.6) is 0 Å². The zero-order chi connectivity index (χ0) is 11.0. The van der Waals surface area contributed by atoms with E-state index in [1.54, 1.807) is 4.44 Å². The summed E-state index contributed by atoms with van der Waals surface area (Å²) in [5.41, 5.74) is 0. The molecule has 0 spiro atoms. The van der Waals surface area contributed by atoms with Crippen LogP contribution in [-0.2, 0) is 0 Å². The van der Waals surface area contributed by atoms with Crippen molar-refractivity contribution in [2.24, 2.45) is 0 Å². The first-order chi connectivity index (χ1) is 6.45. The average Bonchev–Trinajstić information content (AvgIpc) is 2.04. The number of hydrogen-bond acceptors (Lipinski definition) is 0. The second kappa shape index (κ2) is 7.75. The maximum atomic E-state index is 3.31. The molecule has 0 fully saturated rings. The molecule has 0 radical (unpaired) electrons. The Balaban J connectivity index is 0.000000241. The van der Waals surface area contributed by atoms with Crippen LogP contribution in [-0.4, -0.2) is 18.4 Å². The van der Waals surface area contributed by atoms with Gasteiger partial charge in [0.05, 0.1) is 0 Å². The molecule has 2 heteroatoms. The van der Waals surface area contributed by atoms with E-state index in [-0.39, 0.29) is 0 Å². The maximum absolute atomic E-state index is 3.31. The molecule has 0 aliphatic carbocycles. The van der Waals surface area contributed by atoms with Crippen molar-refractivity contribution >= 4 is 34.3 Å². The van der Waals surface area contributed by atoms with Gasteiger partial charge in [0, 0.05) is 4.47 Å². The first-order valence-electron chi connectivity index (χ1n) is 5.16. The summed E-state index contributed by atoms with van der Waals surface area (Å²) >= 11 is 2.04. The van der Waals surface area contributed by atoms with Gasteiger partial charge in [-0.15, -0.1) is 0 Å². The summed E-state index contributed by atoms with van der Waals surface area (Å²) in [7, 11) is 0. The molecule has 14 heavy (non-hydrogen) atoms. The van der Waals surface area contributed by atoms with Gasteiger partial charge in [-0.2, -0.15) is 0 Å². The minimum atomic E-state index is -1.28. The molecular formula is C12H21BrSn. The van der Waals surface area contributed by atoms with E-state index in [1.807, 2.05) is 30.3 Å². The van der Waals surface area contributed by atoms with Crippen molar-refractivity contribution in [2.45, 2.75) is 32.6 Å². The van der Waals surface area contributed by atoms with Crippen LogP contribution >= 0.6 is 15.9 Å². The van der Waals surface area contributed by atoms with Crippen molar-refractivity contribution in [3.8, 4) is 0 Å². The Morgan fingerprint density at radius 1 is 1.07 bits per heavy atom. The molecule has 0 unspecified atom stereocenters. The summed E-state index contributed by atoms with van der Waals surface area (Å²) in [6.45, 7) is 2.28. The molecule has 0 N–H and O–H groups in total. The fourth-order valence-corrected chi connectivity index (χ4v) is 5.75. The summed E-state index contributed by atoms with van der Waals surface area (Å²) in [5, 5.41) is 0. The fraction of sp³-hybridized carbons (Fsp3) is 0.500. The van der Waals surface area contributed by atoms with Gasteiger partial charge in [0.1, 0.15) is 0 Å². The summed E-state index contributed by atoms with van der Waals surface area (Å²) in [6.07, 6.45) is 1.40. The minimum absolute atomic E-state index is 1.13. The van der Waals surface area contributed by atoms with E-state index in [2.05, 4.69) is 37.7 Å². The first kappa shape index (κ1) is 14.5. The van der Waals surface area contributed by atoms with Gasteiger partial charge in [0.25, 0.3) is 0 Å². The van der Waals surface area contributed by atoms with Crippen molar-refractivity contribution in [1.82, 2.24) is 0 Å². The predicted molar refractivity (Wildman–Crippen MR) is 72.6 cm³/mol. The Hall–Kier alpha value is 0.499. The first-order valence-corrected chi connectivity index (χ1v) is 16.5. The zero-order valence-electron chi connectivity index (χ0n) is 9.68. The zero-order valence-corrected chi connectivity index (χ0v) is 14.1. The van der Waals surface area contributed by atoms with E-state index in [0.29, 0.717) is 0 Å². The Morgan fingerprint density at radius 2 is 1.57 bits per heavy atom. The molecule has 0 aliphatic rings. The summed E-state index contributed by atoms with van der Waals surface area (Å²) in [4.78, 5) is 7.45. The van der Waals surface area contributed by atoms with Crippen molar-refractivity contribution in [1.29, 1.82) is 0 Å². The van der Waals surface area contributed by atoms with Gasteiger partial charge in [-0.05, 0) is 12.1 Å². The molecule has 0 aromatic heterocycles. The Morgan fingerprint density at radius 3 is 1.71 bits per heavy atom. The molecule has 80 valence electrons. The molecule has 0 atom stereocenters. The SMILES string of the molecule is Brc1ccccc1.CC[CH2][Sn]([CH3])([CH3])[CH3]. The summed E-state index contributed by atoms with van der Waals surface area (Å²) < 4.78 is 2.68. The van der Waals surface area contributed by atoms with Crippen LogP contribution in [0, 0.1) is 0 Å². The Bertz CT molecular complexity index is 226. The predicted octanol–water partition coefficient (Wildman–Crippen LogP) is 5.18. The summed E-state index contributed by atoms with van der Waals surface area (Å²) in [5.74, 6) is 0. The number of hydrogen-bond donors (Lipinski definition) is 0. The Labute approximate surface area is 101 Å². The third kappa shape index (κ3) is 10.6. The van der Waals surface area contributed by atoms with Crippen LogP contribution in [0.4, 0.5) is 0 Å². The number of benzene rings is 1. The molecular weight excluding hydrogens is 343 g/mol. The molecule has 1 rings (SSSR count). The van der Waals surface area contributed by atoms with E-state index in [1.165, 1.54) is 6.42 Å². The fourth-order valence-electron chi connectivity index (χ4n) is 1.16. The molecule has 0 heterocycles. The van der Waals surface area contributed by atoms with Gasteiger partial charge in [0.2, 0.25) is 0 Å². The van der Waals surface area contributed by atoms with Crippen LogP contribution in [0.25, 0.3) is 0 Å². The van der Waals surface area contributed by atoms with Gasteiger partial charge >= 0.3 is 51.0 Å². The molecule has 0 saturated heterocycles. The van der Waals surface area contributed by atoms with E-state index in [9.17, 15) is 0 Å². The van der Waals surface area contributed by atoms with Gasteiger partial charge in [0.15, 0.2) is 0 Å². The molecule has 0 bridgehead atoms. The summed E-state index contributed by atoms with van der Waals surface area (Å²) in [6, 6.07) is 9.97. The molecule has 0 nitrogen and oxygen atoms in total. The topological polar surface area (TPSA) is 0 Å². The molecule has 0 aliphatic heterocycles. The monoisotopic (exact) mass is 364 g/mol. The van der Waals surface area contributed by atoms with E-state index >= 15 is 0 Å². The molecule has 1 aromatic carbocycles. The van der Waals surface area contributed by atoms with Crippen LogP contribution in [0.3, 0.4) is 0 Å². The van der Waals surface area contributed by atoms with Crippen molar-refractivity contribution < 1.29 is 0 Å². The molecule has 0 saturated carbocycles. The second-order valence-corrected chi connectivity index (χ2v) is 21.6. The second-order valence-electron chi connectivity index (χ2n) is 4.61. The van der Waals surface area contributed by atoms with Gasteiger partial charge < -0.3 is 0 Å².